The summed E-state index contributed by atoms with van der Waals surface area (Å²) in [4.78, 5) is 20.3. The molecule has 0 aliphatic carbocycles. The van der Waals surface area contributed by atoms with Crippen molar-refractivity contribution >= 4 is 21.6 Å². The molecule has 0 bridgehead atoms. The maximum absolute atomic E-state index is 11.8. The third kappa shape index (κ3) is 2.78. The number of rotatable bonds is 3. The Morgan fingerprint density at radius 1 is 1.12 bits per heavy atom. The number of nitrogens with zero attached hydrogens (tertiary/aromatic N) is 3. The molecule has 25 heavy (non-hydrogen) atoms. The monoisotopic (exact) mass is 350 g/mol. The van der Waals surface area contributed by atoms with E-state index in [9.17, 15) is 4.79 Å². The molecule has 4 aromatic rings. The lowest BCUT2D eigenvalue weighted by atomic mass is 9.99. The smallest absolute Gasteiger partial charge is 0.267 e. The van der Waals surface area contributed by atoms with Crippen LogP contribution in [0.15, 0.2) is 47.0 Å². The lowest BCUT2D eigenvalue weighted by Crippen LogP contribution is -2.12. The van der Waals surface area contributed by atoms with Gasteiger partial charge in [-0.05, 0) is 43.2 Å². The minimum atomic E-state index is -0.182. The molecule has 4 rings (SSSR count). The number of aryl methyl sites for hydroxylation is 1. The van der Waals surface area contributed by atoms with E-state index < -0.39 is 0 Å². The van der Waals surface area contributed by atoms with Crippen LogP contribution in [0.1, 0.15) is 11.1 Å². The van der Waals surface area contributed by atoms with Gasteiger partial charge in [-0.1, -0.05) is 6.07 Å². The summed E-state index contributed by atoms with van der Waals surface area (Å²) in [6.07, 6.45) is 3.35. The second-order valence-corrected chi connectivity index (χ2v) is 6.49. The summed E-state index contributed by atoms with van der Waals surface area (Å²) >= 11 is 1.50. The van der Waals surface area contributed by atoms with E-state index in [1.165, 1.54) is 11.3 Å². The van der Waals surface area contributed by atoms with Crippen LogP contribution in [0.2, 0.25) is 0 Å². The fourth-order valence-corrected chi connectivity index (χ4v) is 3.39. The highest BCUT2D eigenvalue weighted by molar-refractivity contribution is 7.17. The van der Waals surface area contributed by atoms with Crippen LogP contribution in [0.3, 0.4) is 0 Å². The molecule has 1 aromatic carbocycles. The number of benzene rings is 1. The zero-order chi connectivity index (χ0) is 17.4. The maximum Gasteiger partial charge on any atom is 0.267 e. The van der Waals surface area contributed by atoms with Crippen LogP contribution in [0, 0.1) is 13.8 Å². The van der Waals surface area contributed by atoms with Crippen molar-refractivity contribution in [3.8, 4) is 22.8 Å². The van der Waals surface area contributed by atoms with Crippen molar-refractivity contribution in [3.63, 3.8) is 0 Å². The van der Waals surface area contributed by atoms with Gasteiger partial charge in [0.05, 0.1) is 17.2 Å². The van der Waals surface area contributed by atoms with E-state index in [1.54, 1.807) is 24.8 Å². The third-order valence-electron chi connectivity index (χ3n) is 4.02. The molecule has 0 saturated carbocycles. The molecule has 0 aliphatic rings. The molecule has 124 valence electrons. The van der Waals surface area contributed by atoms with E-state index in [0.29, 0.717) is 17.2 Å². The average Bonchev–Trinajstić information content (AvgIpc) is 3.08. The first kappa shape index (κ1) is 15.5. The van der Waals surface area contributed by atoms with Crippen molar-refractivity contribution < 1.29 is 4.74 Å². The SMILES string of the molecule is Cc1cc(Oc2nccc3ncsc23)ccc1-c1cn[nH]c(=O)c1C. The summed E-state index contributed by atoms with van der Waals surface area (Å²) < 4.78 is 6.87. The molecule has 3 aromatic heterocycles. The predicted molar refractivity (Wildman–Crippen MR) is 97.3 cm³/mol. The van der Waals surface area contributed by atoms with Crippen LogP contribution in [0.5, 0.6) is 11.6 Å². The summed E-state index contributed by atoms with van der Waals surface area (Å²) in [5.74, 6) is 1.23. The Bertz CT molecular complexity index is 1130. The lowest BCUT2D eigenvalue weighted by molar-refractivity contribution is 0.469. The van der Waals surface area contributed by atoms with Crippen LogP contribution in [0.25, 0.3) is 21.3 Å². The quantitative estimate of drug-likeness (QED) is 0.607. The Morgan fingerprint density at radius 3 is 2.84 bits per heavy atom. The first-order valence-corrected chi connectivity index (χ1v) is 8.53. The highest BCUT2D eigenvalue weighted by atomic mass is 32.1. The highest BCUT2D eigenvalue weighted by Crippen LogP contribution is 2.33. The van der Waals surface area contributed by atoms with Crippen LogP contribution in [-0.4, -0.2) is 20.2 Å². The van der Waals surface area contributed by atoms with Gasteiger partial charge in [-0.25, -0.2) is 15.1 Å². The summed E-state index contributed by atoms with van der Waals surface area (Å²) in [5, 5.41) is 6.34. The van der Waals surface area contributed by atoms with Gasteiger partial charge >= 0.3 is 0 Å². The standard InChI is InChI=1S/C18H14N4O2S/c1-10-7-12(24-18-16-15(5-6-19-18)20-9-25-16)3-4-13(10)14-8-21-22-17(23)11(14)2/h3-9H,1-2H3,(H,22,23). The molecule has 0 unspecified atom stereocenters. The van der Waals surface area contributed by atoms with Crippen molar-refractivity contribution in [1.82, 2.24) is 20.2 Å². The van der Waals surface area contributed by atoms with Gasteiger partial charge in [0, 0.05) is 17.3 Å². The van der Waals surface area contributed by atoms with Gasteiger partial charge in [-0.2, -0.15) is 5.10 Å². The van der Waals surface area contributed by atoms with Gasteiger partial charge in [0.1, 0.15) is 10.4 Å². The molecule has 0 radical (unpaired) electrons. The molecule has 0 fully saturated rings. The number of fused-ring (bicyclic) bond motifs is 1. The van der Waals surface area contributed by atoms with E-state index in [2.05, 4.69) is 20.2 Å². The summed E-state index contributed by atoms with van der Waals surface area (Å²) in [5.41, 5.74) is 5.86. The normalized spacial score (nSPS) is 11.0. The summed E-state index contributed by atoms with van der Waals surface area (Å²) in [7, 11) is 0. The number of ether oxygens (including phenoxy) is 1. The van der Waals surface area contributed by atoms with Crippen molar-refractivity contribution in [2.75, 3.05) is 0 Å². The molecular weight excluding hydrogens is 336 g/mol. The number of thiazole rings is 1. The minimum Gasteiger partial charge on any atom is -0.438 e. The van der Waals surface area contributed by atoms with Gasteiger partial charge in [0.15, 0.2) is 0 Å². The van der Waals surface area contributed by atoms with Gasteiger partial charge in [0.25, 0.3) is 5.56 Å². The van der Waals surface area contributed by atoms with E-state index in [4.69, 9.17) is 4.74 Å². The maximum atomic E-state index is 11.8. The molecule has 0 spiro atoms. The Labute approximate surface area is 147 Å². The van der Waals surface area contributed by atoms with Gasteiger partial charge < -0.3 is 4.74 Å². The predicted octanol–water partition coefficient (Wildman–Crippen LogP) is 3.85. The molecule has 1 N–H and O–H groups in total. The number of aromatic nitrogens is 4. The molecular formula is C18H14N4O2S. The Kier molecular flexibility index (Phi) is 3.77. The zero-order valence-corrected chi connectivity index (χ0v) is 14.4. The second-order valence-electron chi connectivity index (χ2n) is 5.63. The van der Waals surface area contributed by atoms with E-state index >= 15 is 0 Å². The molecule has 0 atom stereocenters. The van der Waals surface area contributed by atoms with Crippen LogP contribution in [-0.2, 0) is 0 Å². The van der Waals surface area contributed by atoms with Crippen molar-refractivity contribution in [2.45, 2.75) is 13.8 Å². The topological polar surface area (TPSA) is 80.8 Å². The van der Waals surface area contributed by atoms with Gasteiger partial charge in [-0.3, -0.25) is 4.79 Å². The van der Waals surface area contributed by atoms with Crippen molar-refractivity contribution in [2.24, 2.45) is 0 Å². The number of aromatic amines is 1. The fourth-order valence-electron chi connectivity index (χ4n) is 2.68. The minimum absolute atomic E-state index is 0.182. The largest absolute Gasteiger partial charge is 0.438 e. The molecule has 3 heterocycles. The summed E-state index contributed by atoms with van der Waals surface area (Å²) in [6.45, 7) is 3.76. The molecule has 6 nitrogen and oxygen atoms in total. The number of H-pyrrole nitrogens is 1. The third-order valence-corrected chi connectivity index (χ3v) is 4.85. The molecule has 0 aliphatic heterocycles. The van der Waals surface area contributed by atoms with E-state index in [1.807, 2.05) is 31.2 Å². The Morgan fingerprint density at radius 2 is 2.00 bits per heavy atom. The van der Waals surface area contributed by atoms with Crippen LogP contribution >= 0.6 is 11.3 Å². The summed E-state index contributed by atoms with van der Waals surface area (Å²) in [6, 6.07) is 7.58. The number of hydrogen-bond acceptors (Lipinski definition) is 6. The average molecular weight is 350 g/mol. The highest BCUT2D eigenvalue weighted by Gasteiger charge is 2.11. The number of nitrogens with one attached hydrogen (secondary N) is 1. The number of pyridine rings is 1. The first-order chi connectivity index (χ1) is 12.1. The Hall–Kier alpha value is -3.06. The second kappa shape index (κ2) is 6.10. The van der Waals surface area contributed by atoms with E-state index in [-0.39, 0.29) is 5.56 Å². The fraction of sp³-hybridized carbons (Fsp3) is 0.111. The van der Waals surface area contributed by atoms with Crippen molar-refractivity contribution in [1.29, 1.82) is 0 Å². The molecule has 7 heteroatoms. The van der Waals surface area contributed by atoms with Crippen molar-refractivity contribution in [3.05, 3.63) is 63.7 Å². The molecule has 0 amide bonds. The van der Waals surface area contributed by atoms with Gasteiger partial charge in [0.2, 0.25) is 5.88 Å². The van der Waals surface area contributed by atoms with Crippen LogP contribution < -0.4 is 10.3 Å². The Balaban J connectivity index is 1.72. The van der Waals surface area contributed by atoms with Gasteiger partial charge in [-0.15, -0.1) is 11.3 Å². The van der Waals surface area contributed by atoms with Crippen LogP contribution in [0.4, 0.5) is 0 Å². The zero-order valence-electron chi connectivity index (χ0n) is 13.6. The first-order valence-electron chi connectivity index (χ1n) is 7.65. The van der Waals surface area contributed by atoms with E-state index in [0.717, 1.165) is 26.9 Å². The lowest BCUT2D eigenvalue weighted by Gasteiger charge is -2.11. The molecule has 0 saturated heterocycles. The number of hydrogen-bond donors (Lipinski definition) is 1.